The monoisotopic (exact) mass is 515 g/mol. The summed E-state index contributed by atoms with van der Waals surface area (Å²) in [4.78, 5) is 32.4. The van der Waals surface area contributed by atoms with Crippen LogP contribution in [0.2, 0.25) is 0 Å². The molecule has 5 nitrogen and oxygen atoms in total. The molecule has 0 spiro atoms. The number of fused-ring (bicyclic) bond motifs is 5. The maximum atomic E-state index is 13.7. The molecule has 2 fully saturated rings. The number of carbonyl (C=O) groups is 2. The molecule has 1 aromatic heterocycles. The molecule has 0 N–H and O–H groups in total. The Morgan fingerprint density at radius 3 is 2.53 bits per heavy atom. The molecule has 0 saturated carbocycles. The summed E-state index contributed by atoms with van der Waals surface area (Å²) in [7, 11) is 0. The number of Topliss-reactive ketones (excluding diaryl/α,β-unsaturated/α-hetero) is 1. The van der Waals surface area contributed by atoms with E-state index in [9.17, 15) is 9.59 Å². The van der Waals surface area contributed by atoms with E-state index in [2.05, 4.69) is 22.0 Å². The van der Waals surface area contributed by atoms with Gasteiger partial charge in [0.2, 0.25) is 0 Å². The molecule has 2 aliphatic heterocycles. The zero-order valence-corrected chi connectivity index (χ0v) is 21.2. The van der Waals surface area contributed by atoms with Gasteiger partial charge in [-0.3, -0.25) is 9.59 Å². The van der Waals surface area contributed by atoms with Crippen LogP contribution in [0.25, 0.3) is 16.1 Å². The predicted molar refractivity (Wildman–Crippen MR) is 127 cm³/mol. The van der Waals surface area contributed by atoms with Gasteiger partial charge in [-0.1, -0.05) is 22.0 Å². The van der Waals surface area contributed by atoms with Crippen molar-refractivity contribution >= 4 is 44.6 Å². The second-order valence-corrected chi connectivity index (χ2v) is 12.1. The Balaban J connectivity index is 1.63. The fourth-order valence-electron chi connectivity index (χ4n) is 5.01. The van der Waals surface area contributed by atoms with Crippen LogP contribution in [-0.2, 0) is 19.1 Å². The van der Waals surface area contributed by atoms with Crippen LogP contribution in [0.5, 0.6) is 0 Å². The maximum absolute atomic E-state index is 13.7. The highest BCUT2D eigenvalue weighted by Gasteiger charge is 2.60. The molecular formula is C25H26BrNO4S. The van der Waals surface area contributed by atoms with Crippen LogP contribution in [0.4, 0.5) is 0 Å². The van der Waals surface area contributed by atoms with Crippen LogP contribution in [0.1, 0.15) is 49.7 Å². The van der Waals surface area contributed by atoms with Gasteiger partial charge in [0.1, 0.15) is 10.8 Å². The number of halogens is 1. The SMILES string of the molecule is Cc1cc(Br)ccc1-c1nc(C2=C(OC(=O)C(C)(C)C)[C@H]3C4CCC(O4)[C@H]3C2=O)c(C)s1. The highest BCUT2D eigenvalue weighted by Crippen LogP contribution is 2.55. The number of allylic oxidation sites excluding steroid dienone is 1. The Morgan fingerprint density at radius 1 is 1.19 bits per heavy atom. The van der Waals surface area contributed by atoms with Crippen molar-refractivity contribution in [2.75, 3.05) is 0 Å². The zero-order chi connectivity index (χ0) is 22.9. The Labute approximate surface area is 200 Å². The highest BCUT2D eigenvalue weighted by molar-refractivity contribution is 9.10. The number of aromatic nitrogens is 1. The molecular weight excluding hydrogens is 490 g/mol. The lowest BCUT2D eigenvalue weighted by molar-refractivity contribution is -0.149. The van der Waals surface area contributed by atoms with E-state index in [1.807, 2.05) is 46.8 Å². The number of ether oxygens (including phenoxy) is 2. The van der Waals surface area contributed by atoms with Crippen molar-refractivity contribution in [2.24, 2.45) is 17.3 Å². The average molecular weight is 516 g/mol. The molecule has 2 saturated heterocycles. The topological polar surface area (TPSA) is 65.5 Å². The molecule has 1 aromatic carbocycles. The summed E-state index contributed by atoms with van der Waals surface area (Å²) in [6.07, 6.45) is 1.61. The first-order valence-corrected chi connectivity index (χ1v) is 12.6. The highest BCUT2D eigenvalue weighted by atomic mass is 79.9. The van der Waals surface area contributed by atoms with Gasteiger partial charge in [0.15, 0.2) is 5.78 Å². The molecule has 7 heteroatoms. The van der Waals surface area contributed by atoms with Gasteiger partial charge in [0.05, 0.1) is 40.7 Å². The lowest BCUT2D eigenvalue weighted by Gasteiger charge is -2.24. The predicted octanol–water partition coefficient (Wildman–Crippen LogP) is 5.87. The summed E-state index contributed by atoms with van der Waals surface area (Å²) in [5.41, 5.74) is 2.59. The number of carbonyl (C=O) groups excluding carboxylic acids is 2. The number of esters is 1. The second kappa shape index (κ2) is 7.61. The number of ketones is 1. The van der Waals surface area contributed by atoms with E-state index in [-0.39, 0.29) is 35.8 Å². The minimum Gasteiger partial charge on any atom is -0.429 e. The normalized spacial score (nSPS) is 26.8. The first-order chi connectivity index (χ1) is 15.1. The molecule has 2 unspecified atom stereocenters. The average Bonchev–Trinajstić information content (AvgIpc) is 3.45. The van der Waals surface area contributed by atoms with Crippen molar-refractivity contribution in [3.05, 3.63) is 44.6 Å². The quantitative estimate of drug-likeness (QED) is 0.478. The fraction of sp³-hybridized carbons (Fsp3) is 0.480. The van der Waals surface area contributed by atoms with E-state index in [1.54, 1.807) is 11.3 Å². The summed E-state index contributed by atoms with van der Waals surface area (Å²) < 4.78 is 13.1. The number of rotatable bonds is 3. The van der Waals surface area contributed by atoms with Gasteiger partial charge in [0.25, 0.3) is 0 Å². The summed E-state index contributed by atoms with van der Waals surface area (Å²) in [5.74, 6) is -0.323. The van der Waals surface area contributed by atoms with Crippen LogP contribution in [0.15, 0.2) is 28.4 Å². The van der Waals surface area contributed by atoms with E-state index in [1.165, 1.54) is 0 Å². The van der Waals surface area contributed by atoms with E-state index >= 15 is 0 Å². The lowest BCUT2D eigenvalue weighted by Crippen LogP contribution is -2.31. The Hall–Kier alpha value is -1.83. The van der Waals surface area contributed by atoms with Crippen molar-refractivity contribution in [3.8, 4) is 10.6 Å². The molecule has 3 aliphatic rings. The van der Waals surface area contributed by atoms with Crippen molar-refractivity contribution in [3.63, 3.8) is 0 Å². The van der Waals surface area contributed by atoms with Gasteiger partial charge in [-0.25, -0.2) is 4.98 Å². The van der Waals surface area contributed by atoms with Crippen molar-refractivity contribution in [1.29, 1.82) is 0 Å². The van der Waals surface area contributed by atoms with Gasteiger partial charge < -0.3 is 9.47 Å². The Bertz CT molecular complexity index is 1180. The first kappa shape index (κ1) is 22.0. The second-order valence-electron chi connectivity index (χ2n) is 9.97. The van der Waals surface area contributed by atoms with Gasteiger partial charge in [0, 0.05) is 14.9 Å². The molecule has 168 valence electrons. The van der Waals surface area contributed by atoms with Gasteiger partial charge in [-0.05, 0) is 65.2 Å². The van der Waals surface area contributed by atoms with Crippen molar-refractivity contribution in [1.82, 2.24) is 4.98 Å². The molecule has 0 amide bonds. The molecule has 5 rings (SSSR count). The fourth-order valence-corrected chi connectivity index (χ4v) is 6.50. The molecule has 1 aliphatic carbocycles. The van der Waals surface area contributed by atoms with E-state index in [0.717, 1.165) is 38.3 Å². The largest absolute Gasteiger partial charge is 0.429 e. The van der Waals surface area contributed by atoms with Crippen LogP contribution >= 0.6 is 27.3 Å². The number of hydrogen-bond acceptors (Lipinski definition) is 6. The van der Waals surface area contributed by atoms with E-state index in [0.29, 0.717) is 17.0 Å². The smallest absolute Gasteiger partial charge is 0.316 e. The molecule has 0 radical (unpaired) electrons. The van der Waals surface area contributed by atoms with Crippen LogP contribution in [0, 0.1) is 31.1 Å². The molecule has 4 atom stereocenters. The molecule has 3 heterocycles. The van der Waals surface area contributed by atoms with Crippen LogP contribution in [-0.4, -0.2) is 28.9 Å². The minimum absolute atomic E-state index is 0.00591. The van der Waals surface area contributed by atoms with Crippen molar-refractivity contribution in [2.45, 2.75) is 59.7 Å². The standard InChI is InChI=1S/C25H26BrNO4S/c1-11-10-13(26)6-7-14(11)23-27-20(12(2)32-23)19-21(28)17-15-8-9-16(30-15)18(17)22(19)31-24(29)25(3,4)5/h6-7,10,15-18H,8-9H2,1-5H3/t15?,16?,17-,18+/m1/s1. The van der Waals surface area contributed by atoms with Crippen LogP contribution < -0.4 is 0 Å². The number of nitrogens with zero attached hydrogens (tertiary/aromatic N) is 1. The Morgan fingerprint density at radius 2 is 1.88 bits per heavy atom. The minimum atomic E-state index is -0.672. The third-order valence-electron chi connectivity index (χ3n) is 6.64. The molecule has 32 heavy (non-hydrogen) atoms. The summed E-state index contributed by atoms with van der Waals surface area (Å²) in [5, 5.41) is 0.862. The van der Waals surface area contributed by atoms with E-state index in [4.69, 9.17) is 14.5 Å². The van der Waals surface area contributed by atoms with Crippen molar-refractivity contribution < 1.29 is 19.1 Å². The molecule has 2 aromatic rings. The van der Waals surface area contributed by atoms with Gasteiger partial charge in [-0.2, -0.15) is 0 Å². The first-order valence-electron chi connectivity index (χ1n) is 11.0. The van der Waals surface area contributed by atoms with Gasteiger partial charge >= 0.3 is 5.97 Å². The number of benzene rings is 1. The third-order valence-corrected chi connectivity index (χ3v) is 8.14. The third kappa shape index (κ3) is 3.40. The lowest BCUT2D eigenvalue weighted by atomic mass is 9.80. The zero-order valence-electron chi connectivity index (χ0n) is 18.8. The number of hydrogen-bond donors (Lipinski definition) is 0. The summed E-state index contributed by atoms with van der Waals surface area (Å²) in [6, 6.07) is 6.09. The number of aryl methyl sites for hydroxylation is 2. The van der Waals surface area contributed by atoms with Gasteiger partial charge in [-0.15, -0.1) is 11.3 Å². The van der Waals surface area contributed by atoms with Crippen LogP contribution in [0.3, 0.4) is 0 Å². The van der Waals surface area contributed by atoms with E-state index < -0.39 is 5.41 Å². The number of thiazole rings is 1. The summed E-state index contributed by atoms with van der Waals surface area (Å²) >= 11 is 5.08. The molecule has 2 bridgehead atoms. The Kier molecular flexibility index (Phi) is 5.23. The summed E-state index contributed by atoms with van der Waals surface area (Å²) in [6.45, 7) is 9.50. The maximum Gasteiger partial charge on any atom is 0.316 e.